The number of hydrogen-bond acceptors (Lipinski definition) is 19. The summed E-state index contributed by atoms with van der Waals surface area (Å²) >= 11 is 1.63. The molecule has 3 aliphatic heterocycles. The summed E-state index contributed by atoms with van der Waals surface area (Å²) in [6.45, 7) is 7.84. The molecule has 0 amide bonds. The number of unbranched alkanes of at least 4 members (excludes halogenated alkanes) is 5. The van der Waals surface area contributed by atoms with Crippen molar-refractivity contribution in [3.8, 4) is 0 Å². The van der Waals surface area contributed by atoms with Gasteiger partial charge >= 0.3 is 11.9 Å². The Kier molecular flexibility index (Phi) is 22.2. The zero-order valence-electron chi connectivity index (χ0n) is 33.9. The van der Waals surface area contributed by atoms with E-state index in [-0.39, 0.29) is 18.7 Å². The number of thioether (sulfide) groups is 1. The van der Waals surface area contributed by atoms with E-state index in [2.05, 4.69) is 13.5 Å². The molecule has 0 aromatic heterocycles. The van der Waals surface area contributed by atoms with Crippen LogP contribution in [0.3, 0.4) is 0 Å². The van der Waals surface area contributed by atoms with E-state index in [1.165, 1.54) is 46.8 Å². The van der Waals surface area contributed by atoms with Gasteiger partial charge in [-0.05, 0) is 19.1 Å². The highest BCUT2D eigenvalue weighted by atomic mass is 32.2. The molecule has 0 aromatic carbocycles. The summed E-state index contributed by atoms with van der Waals surface area (Å²) in [5, 5.41) is 66.2. The summed E-state index contributed by atoms with van der Waals surface area (Å²) in [6.07, 6.45) is -14.7. The van der Waals surface area contributed by atoms with Crippen molar-refractivity contribution < 1.29 is 87.6 Å². The van der Waals surface area contributed by atoms with Crippen LogP contribution in [0.4, 0.5) is 0 Å². The van der Waals surface area contributed by atoms with Crippen molar-refractivity contribution >= 4 is 31.5 Å². The highest BCUT2D eigenvalue weighted by molar-refractivity contribution is 7.99. The lowest BCUT2D eigenvalue weighted by Gasteiger charge is -2.45. The molecule has 0 saturated carbocycles. The van der Waals surface area contributed by atoms with E-state index >= 15 is 0 Å². The van der Waals surface area contributed by atoms with Crippen molar-refractivity contribution in [1.29, 1.82) is 0 Å². The van der Waals surface area contributed by atoms with E-state index in [9.17, 15) is 40.2 Å². The van der Waals surface area contributed by atoms with Gasteiger partial charge in [-0.25, -0.2) is 4.79 Å². The van der Waals surface area contributed by atoms with Gasteiger partial charge in [0.25, 0.3) is 0 Å². The smallest absolute Gasteiger partial charge is 0.333 e. The molecule has 3 fully saturated rings. The molecule has 3 rings (SSSR count). The van der Waals surface area contributed by atoms with E-state index in [0.717, 1.165) is 18.6 Å². The zero-order valence-corrected chi connectivity index (χ0v) is 34.7. The molecule has 0 bridgehead atoms. The maximum Gasteiger partial charge on any atom is 0.333 e. The van der Waals surface area contributed by atoms with Crippen LogP contribution >= 0.6 is 11.8 Å². The third-order valence-electron chi connectivity index (χ3n) is 9.95. The summed E-state index contributed by atoms with van der Waals surface area (Å²) in [5.74, 6) is -0.707. The zero-order chi connectivity index (χ0) is 42.2. The van der Waals surface area contributed by atoms with E-state index in [1.54, 1.807) is 26.5 Å². The highest BCUT2D eigenvalue weighted by Crippen LogP contribution is 2.31. The largest absolute Gasteiger partial charge is 0.456 e. The fourth-order valence-electron chi connectivity index (χ4n) is 6.59. The van der Waals surface area contributed by atoms with Gasteiger partial charge in [0, 0.05) is 32.1 Å². The van der Waals surface area contributed by atoms with Gasteiger partial charge in [-0.15, -0.1) is 0 Å². The fraction of sp³-hybridized carbons (Fsp3) is 0.892. The van der Waals surface area contributed by atoms with Gasteiger partial charge in [0.2, 0.25) is 0 Å². The van der Waals surface area contributed by atoms with Crippen LogP contribution in [0.15, 0.2) is 12.2 Å². The van der Waals surface area contributed by atoms with E-state index in [4.69, 9.17) is 47.4 Å². The minimum atomic E-state index is -1.80. The third kappa shape index (κ3) is 14.3. The normalized spacial score (nSPS) is 36.4. The summed E-state index contributed by atoms with van der Waals surface area (Å²) < 4.78 is 55.9. The number of aliphatic hydroxyl groups is 6. The van der Waals surface area contributed by atoms with Gasteiger partial charge in [0.15, 0.2) is 31.1 Å². The summed E-state index contributed by atoms with van der Waals surface area (Å²) in [5.41, 5.74) is -0.0243. The Labute approximate surface area is 340 Å². The number of methoxy groups -OCH3 is 2. The second kappa shape index (κ2) is 25.3. The lowest BCUT2D eigenvalue weighted by atomic mass is 9.97. The number of rotatable bonds is 24. The quantitative estimate of drug-likeness (QED) is 0.0288. The van der Waals surface area contributed by atoms with Crippen molar-refractivity contribution in [2.75, 3.05) is 52.1 Å². The predicted molar refractivity (Wildman–Crippen MR) is 206 cm³/mol. The lowest BCUT2D eigenvalue weighted by Crippen LogP contribution is -2.63. The van der Waals surface area contributed by atoms with E-state index < -0.39 is 123 Å². The number of ether oxygens (including phenoxy) is 10. The van der Waals surface area contributed by atoms with Crippen molar-refractivity contribution in [1.82, 2.24) is 0 Å². The van der Waals surface area contributed by atoms with Crippen LogP contribution in [0.1, 0.15) is 59.3 Å². The molecule has 0 radical (unpaired) electrons. The molecule has 0 aliphatic carbocycles. The highest BCUT2D eigenvalue weighted by Gasteiger charge is 2.52. The van der Waals surface area contributed by atoms with Crippen LogP contribution in [-0.2, 0) is 57.0 Å². The summed E-state index contributed by atoms with van der Waals surface area (Å²) in [4.78, 5) is 25.6. The SMILES string of the molecule is BCO[C@@H]1C(O)[C@@H](OCC2O[C@H](OCC3O[C@H](OC)C(O)[C@@H](OC(=O)C(C)CSCCCCCCCC)[C@@H]3O)C(O)[C@@H](OC(=O)C(=C)C)[C@@H]2O)OC(COC)[C@H]1O. The van der Waals surface area contributed by atoms with Crippen LogP contribution < -0.4 is 0 Å². The molecule has 7 unspecified atom stereocenters. The Bertz CT molecular complexity index is 1210. The van der Waals surface area contributed by atoms with Gasteiger partial charge in [-0.1, -0.05) is 52.5 Å². The summed E-state index contributed by atoms with van der Waals surface area (Å²) in [7, 11) is 4.34. The molecule has 3 heterocycles. The van der Waals surface area contributed by atoms with Crippen LogP contribution in [-0.4, -0.2) is 195 Å². The first-order valence-electron chi connectivity index (χ1n) is 19.8. The van der Waals surface area contributed by atoms with Gasteiger partial charge < -0.3 is 78.0 Å². The fourth-order valence-corrected chi connectivity index (χ4v) is 7.65. The van der Waals surface area contributed by atoms with Crippen LogP contribution in [0.2, 0.25) is 0 Å². The van der Waals surface area contributed by atoms with Crippen LogP contribution in [0.25, 0.3) is 0 Å². The molecule has 330 valence electrons. The Morgan fingerprint density at radius 3 is 1.74 bits per heavy atom. The first kappa shape index (κ1) is 49.9. The standard InChI is InChI=1S/C37H65BO18S/c1-7-8-9-10-11-12-13-57-17-20(4)34(46)56-31-25(40)22(52-35(48-6)28(31)43)15-50-37-29(44)32(55-33(45)19(2)3)26(41)23(54-37)16-49-36-27(42)30(51-18-38)24(39)21(53-36)14-47-5/h20-32,35-37,39-44H,2,7-18,38H2,1,3-6H3/t20?,21?,22?,23?,24-,25-,26-,27?,28?,29?,30+,31+,32+,35+,36+,37+/m1/s1. The Balaban J connectivity index is 1.68. The van der Waals surface area contributed by atoms with E-state index in [1.807, 2.05) is 0 Å². The first-order chi connectivity index (χ1) is 27.2. The summed E-state index contributed by atoms with van der Waals surface area (Å²) in [6, 6.07) is 0. The van der Waals surface area contributed by atoms with Crippen LogP contribution in [0.5, 0.6) is 0 Å². The molecule has 0 aromatic rings. The average molecular weight is 841 g/mol. The molecule has 6 N–H and O–H groups in total. The lowest BCUT2D eigenvalue weighted by molar-refractivity contribution is -0.343. The molecule has 20 heteroatoms. The molecule has 16 atom stereocenters. The molecule has 18 nitrogen and oxygen atoms in total. The minimum Gasteiger partial charge on any atom is -0.456 e. The predicted octanol–water partition coefficient (Wildman–Crippen LogP) is -1.24. The first-order valence-corrected chi connectivity index (χ1v) is 20.9. The average Bonchev–Trinajstić information content (AvgIpc) is 3.18. The second-order valence-corrected chi connectivity index (χ2v) is 15.8. The van der Waals surface area contributed by atoms with Crippen molar-refractivity contribution in [3.05, 3.63) is 12.2 Å². The molecular weight excluding hydrogens is 775 g/mol. The minimum absolute atomic E-state index is 0.0243. The van der Waals surface area contributed by atoms with E-state index in [0.29, 0.717) is 5.75 Å². The number of carbonyl (C=O) groups is 2. The number of aliphatic hydroxyl groups excluding tert-OH is 6. The van der Waals surface area contributed by atoms with Crippen LogP contribution in [0, 0.1) is 5.92 Å². The number of esters is 2. The molecular formula is C37H65BO18S. The maximum atomic E-state index is 13.1. The third-order valence-corrected chi connectivity index (χ3v) is 11.3. The topological polar surface area (TPSA) is 248 Å². The second-order valence-electron chi connectivity index (χ2n) is 14.6. The Morgan fingerprint density at radius 1 is 0.702 bits per heavy atom. The molecule has 3 aliphatic rings. The molecule has 3 saturated heterocycles. The molecule has 0 spiro atoms. The Morgan fingerprint density at radius 2 is 1.19 bits per heavy atom. The number of carbonyl (C=O) groups excluding carboxylic acids is 2. The Hall–Kier alpha value is -1.47. The maximum absolute atomic E-state index is 13.1. The van der Waals surface area contributed by atoms with Gasteiger partial charge in [-0.2, -0.15) is 11.8 Å². The monoisotopic (exact) mass is 840 g/mol. The van der Waals surface area contributed by atoms with Gasteiger partial charge in [0.1, 0.15) is 68.9 Å². The van der Waals surface area contributed by atoms with Crippen molar-refractivity contribution in [2.24, 2.45) is 5.92 Å². The number of hydrogen-bond donors (Lipinski definition) is 6. The van der Waals surface area contributed by atoms with Crippen molar-refractivity contribution in [3.63, 3.8) is 0 Å². The van der Waals surface area contributed by atoms with Gasteiger partial charge in [0.05, 0.1) is 25.7 Å². The van der Waals surface area contributed by atoms with Crippen molar-refractivity contribution in [2.45, 2.75) is 151 Å². The molecule has 57 heavy (non-hydrogen) atoms. The van der Waals surface area contributed by atoms with Gasteiger partial charge in [-0.3, -0.25) is 4.79 Å².